The number of aromatic nitrogens is 3. The molecule has 2 aliphatic heterocycles. The Morgan fingerprint density at radius 2 is 2.00 bits per heavy atom. The van der Waals surface area contributed by atoms with Gasteiger partial charge in [-0.1, -0.05) is 0 Å². The summed E-state index contributed by atoms with van der Waals surface area (Å²) < 4.78 is 21.8. The van der Waals surface area contributed by atoms with E-state index in [9.17, 15) is 19.1 Å². The van der Waals surface area contributed by atoms with Gasteiger partial charge in [0.05, 0.1) is 30.8 Å². The maximum Gasteiger partial charge on any atom is 0.408 e. The second-order valence-corrected chi connectivity index (χ2v) is 8.05. The number of amides is 3. The third-order valence-electron chi connectivity index (χ3n) is 6.01. The molecular formula is C22H23FN6O4. The lowest BCUT2D eigenvalue weighted by molar-refractivity contribution is -0.00254. The highest BCUT2D eigenvalue weighted by Crippen LogP contribution is 2.28. The van der Waals surface area contributed by atoms with Crippen LogP contribution in [0.5, 0.6) is 0 Å². The molecule has 4 heterocycles. The number of carboxylic acid groups (broad SMARTS) is 1. The van der Waals surface area contributed by atoms with E-state index in [-0.39, 0.29) is 24.7 Å². The Morgan fingerprint density at radius 1 is 1.18 bits per heavy atom. The fourth-order valence-corrected chi connectivity index (χ4v) is 4.29. The number of hydrogen-bond acceptors (Lipinski definition) is 5. The van der Waals surface area contributed by atoms with Crippen molar-refractivity contribution in [2.24, 2.45) is 0 Å². The molecule has 172 valence electrons. The summed E-state index contributed by atoms with van der Waals surface area (Å²) in [7, 11) is 0. The number of ether oxygens (including phenoxy) is 1. The first-order valence-corrected chi connectivity index (χ1v) is 10.8. The lowest BCUT2D eigenvalue weighted by atomic mass is 10.1. The van der Waals surface area contributed by atoms with Crippen molar-refractivity contribution in [1.82, 2.24) is 24.2 Å². The van der Waals surface area contributed by atoms with E-state index >= 15 is 0 Å². The Balaban J connectivity index is 1.43. The number of morpholine rings is 1. The van der Waals surface area contributed by atoms with Gasteiger partial charge in [-0.15, -0.1) is 0 Å². The molecule has 2 aliphatic rings. The molecule has 10 nitrogen and oxygen atoms in total. The molecule has 0 spiro atoms. The Hall–Kier alpha value is -3.73. The van der Waals surface area contributed by atoms with E-state index in [2.05, 4.69) is 15.3 Å². The van der Waals surface area contributed by atoms with Crippen LogP contribution in [0.1, 0.15) is 24.6 Å². The maximum absolute atomic E-state index is 14.7. The smallest absolute Gasteiger partial charge is 0.408 e. The number of carbonyl (C=O) groups excluding carboxylic acids is 1. The number of halogens is 1. The summed E-state index contributed by atoms with van der Waals surface area (Å²) in [5, 5.41) is 12.3. The zero-order valence-corrected chi connectivity index (χ0v) is 17.8. The highest BCUT2D eigenvalue weighted by Gasteiger charge is 2.31. The lowest BCUT2D eigenvalue weighted by Crippen LogP contribution is -2.43. The molecular weight excluding hydrogens is 431 g/mol. The van der Waals surface area contributed by atoms with E-state index in [0.717, 1.165) is 12.8 Å². The monoisotopic (exact) mass is 454 g/mol. The molecule has 33 heavy (non-hydrogen) atoms. The van der Waals surface area contributed by atoms with Gasteiger partial charge in [-0.05, 0) is 37.1 Å². The molecule has 5 rings (SSSR count). The Bertz CT molecular complexity index is 1210. The van der Waals surface area contributed by atoms with Gasteiger partial charge in [0, 0.05) is 37.1 Å². The summed E-state index contributed by atoms with van der Waals surface area (Å²) in [5.41, 5.74) is 1.68. The van der Waals surface area contributed by atoms with Crippen LogP contribution in [0.2, 0.25) is 0 Å². The van der Waals surface area contributed by atoms with Crippen molar-refractivity contribution in [3.63, 3.8) is 0 Å². The second-order valence-electron chi connectivity index (χ2n) is 8.05. The van der Waals surface area contributed by atoms with Crippen molar-refractivity contribution < 1.29 is 23.8 Å². The lowest BCUT2D eigenvalue weighted by Gasteiger charge is -2.32. The van der Waals surface area contributed by atoms with E-state index in [1.165, 1.54) is 17.0 Å². The molecule has 0 aliphatic carbocycles. The van der Waals surface area contributed by atoms with Crippen LogP contribution in [0.4, 0.5) is 19.7 Å². The van der Waals surface area contributed by atoms with Crippen molar-refractivity contribution in [1.29, 1.82) is 0 Å². The zero-order valence-electron chi connectivity index (χ0n) is 17.8. The largest absolute Gasteiger partial charge is 0.465 e. The quantitative estimate of drug-likeness (QED) is 0.629. The molecule has 3 amide bonds. The van der Waals surface area contributed by atoms with Crippen molar-refractivity contribution in [3.05, 3.63) is 48.2 Å². The highest BCUT2D eigenvalue weighted by atomic mass is 19.1. The van der Waals surface area contributed by atoms with E-state index < -0.39 is 18.0 Å². The predicted molar refractivity (Wildman–Crippen MR) is 116 cm³/mol. The first-order chi connectivity index (χ1) is 16.0. The van der Waals surface area contributed by atoms with Gasteiger partial charge in [0.2, 0.25) is 5.78 Å². The fourth-order valence-electron chi connectivity index (χ4n) is 4.29. The molecule has 0 saturated carbocycles. The summed E-state index contributed by atoms with van der Waals surface area (Å²) in [6, 6.07) is 5.28. The molecule has 0 radical (unpaired) electrons. The number of fused-ring (bicyclic) bond motifs is 1. The number of likely N-dealkylation sites (tertiary alicyclic amines) is 1. The van der Waals surface area contributed by atoms with Gasteiger partial charge in [-0.2, -0.15) is 0 Å². The van der Waals surface area contributed by atoms with Gasteiger partial charge in [-0.3, -0.25) is 9.30 Å². The molecule has 1 unspecified atom stereocenters. The van der Waals surface area contributed by atoms with Crippen LogP contribution in [-0.4, -0.2) is 74.2 Å². The molecule has 1 aromatic carbocycles. The van der Waals surface area contributed by atoms with Crippen molar-refractivity contribution in [3.8, 4) is 11.3 Å². The minimum Gasteiger partial charge on any atom is -0.465 e. The minimum absolute atomic E-state index is 0.205. The average Bonchev–Trinajstić information content (AvgIpc) is 3.50. The SMILES string of the molecule is O=C(Nc1ccc(F)c(-c2ccn3c(C4COCCN4C(=O)O)cnc3n2)c1)N1CCCC1. The molecule has 0 bridgehead atoms. The predicted octanol–water partition coefficient (Wildman–Crippen LogP) is 3.21. The first kappa shape index (κ1) is 21.1. The van der Waals surface area contributed by atoms with Crippen LogP contribution in [0.3, 0.4) is 0 Å². The second kappa shape index (κ2) is 8.66. The first-order valence-electron chi connectivity index (χ1n) is 10.8. The van der Waals surface area contributed by atoms with E-state index in [0.29, 0.717) is 42.5 Å². The average molecular weight is 454 g/mol. The number of hydrogen-bond donors (Lipinski definition) is 2. The van der Waals surface area contributed by atoms with Gasteiger partial charge in [-0.25, -0.2) is 23.9 Å². The zero-order chi connectivity index (χ0) is 22.9. The van der Waals surface area contributed by atoms with Gasteiger partial charge in [0.1, 0.15) is 11.9 Å². The van der Waals surface area contributed by atoms with Gasteiger partial charge < -0.3 is 20.1 Å². The number of carbonyl (C=O) groups is 2. The van der Waals surface area contributed by atoms with Crippen LogP contribution in [0.25, 0.3) is 17.0 Å². The number of urea groups is 1. The number of nitrogens with zero attached hydrogens (tertiary/aromatic N) is 5. The Labute approximate surface area is 188 Å². The van der Waals surface area contributed by atoms with Crippen LogP contribution < -0.4 is 5.32 Å². The van der Waals surface area contributed by atoms with Crippen molar-refractivity contribution in [2.75, 3.05) is 38.2 Å². The third-order valence-corrected chi connectivity index (χ3v) is 6.01. The number of benzene rings is 1. The summed E-state index contributed by atoms with van der Waals surface area (Å²) in [6.07, 6.45) is 4.18. The van der Waals surface area contributed by atoms with Crippen LogP contribution in [0, 0.1) is 5.82 Å². The van der Waals surface area contributed by atoms with Gasteiger partial charge in [0.25, 0.3) is 0 Å². The summed E-state index contributed by atoms with van der Waals surface area (Å²) in [4.78, 5) is 35.8. The number of imidazole rings is 1. The fraction of sp³-hybridized carbons (Fsp3) is 0.364. The number of nitrogens with one attached hydrogen (secondary N) is 1. The van der Waals surface area contributed by atoms with E-state index in [1.807, 2.05) is 0 Å². The van der Waals surface area contributed by atoms with Crippen LogP contribution in [-0.2, 0) is 4.74 Å². The molecule has 3 aromatic rings. The standard InChI is InChI=1S/C22H23FN6O4/c23-16-4-3-14(25-21(30)27-6-1-2-7-27)11-15(16)17-5-8-28-18(12-24-20(28)26-17)19-13-33-10-9-29(19)22(31)32/h3-5,8,11-12,19H,1-2,6-7,9-10,13H2,(H,25,30)(H,31,32). The van der Waals surface area contributed by atoms with Crippen LogP contribution >= 0.6 is 0 Å². The topological polar surface area (TPSA) is 112 Å². The van der Waals surface area contributed by atoms with Gasteiger partial charge in [0.15, 0.2) is 0 Å². The minimum atomic E-state index is -1.03. The number of anilines is 1. The summed E-state index contributed by atoms with van der Waals surface area (Å²) >= 11 is 0. The Morgan fingerprint density at radius 3 is 2.79 bits per heavy atom. The van der Waals surface area contributed by atoms with E-state index in [4.69, 9.17) is 4.74 Å². The van der Waals surface area contributed by atoms with Crippen molar-refractivity contribution >= 4 is 23.6 Å². The molecule has 1 atom stereocenters. The van der Waals surface area contributed by atoms with Crippen molar-refractivity contribution in [2.45, 2.75) is 18.9 Å². The molecule has 2 aromatic heterocycles. The summed E-state index contributed by atoms with van der Waals surface area (Å²) in [5.74, 6) is -0.167. The Kier molecular flexibility index (Phi) is 5.55. The molecule has 2 N–H and O–H groups in total. The van der Waals surface area contributed by atoms with E-state index in [1.54, 1.807) is 33.8 Å². The maximum atomic E-state index is 14.7. The van der Waals surface area contributed by atoms with Crippen LogP contribution in [0.15, 0.2) is 36.7 Å². The highest BCUT2D eigenvalue weighted by molar-refractivity contribution is 5.90. The molecule has 11 heteroatoms. The molecule has 2 saturated heterocycles. The number of rotatable bonds is 3. The van der Waals surface area contributed by atoms with Gasteiger partial charge >= 0.3 is 12.1 Å². The normalized spacial score (nSPS) is 18.6. The summed E-state index contributed by atoms with van der Waals surface area (Å²) in [6.45, 7) is 2.25. The third kappa shape index (κ3) is 4.07. The molecule has 2 fully saturated rings.